The summed E-state index contributed by atoms with van der Waals surface area (Å²) in [6.07, 6.45) is 2.55. The second-order valence-corrected chi connectivity index (χ2v) is 4.59. The van der Waals surface area contributed by atoms with E-state index in [-0.39, 0.29) is 5.82 Å². The number of hydrogen-bond donors (Lipinski definition) is 0. The van der Waals surface area contributed by atoms with Gasteiger partial charge in [0, 0.05) is 0 Å². The van der Waals surface area contributed by atoms with Crippen LogP contribution < -0.4 is 4.74 Å². The molecule has 1 saturated carbocycles. The summed E-state index contributed by atoms with van der Waals surface area (Å²) in [7, 11) is 0. The zero-order valence-corrected chi connectivity index (χ0v) is 9.29. The van der Waals surface area contributed by atoms with E-state index < -0.39 is 0 Å². The smallest absolute Gasteiger partial charge is 0.123 e. The Kier molecular flexibility index (Phi) is 2.94. The molecule has 2 rings (SSSR count). The van der Waals surface area contributed by atoms with E-state index in [0.717, 1.165) is 23.8 Å². The van der Waals surface area contributed by atoms with Crippen LogP contribution >= 0.6 is 0 Å². The van der Waals surface area contributed by atoms with Gasteiger partial charge in [-0.1, -0.05) is 13.8 Å². The molecule has 1 nitrogen and oxygen atoms in total. The lowest BCUT2D eigenvalue weighted by Gasteiger charge is -2.13. The van der Waals surface area contributed by atoms with Crippen LogP contribution in [-0.2, 0) is 0 Å². The summed E-state index contributed by atoms with van der Waals surface area (Å²) in [4.78, 5) is 0. The molecule has 2 heteroatoms. The van der Waals surface area contributed by atoms with Crippen molar-refractivity contribution in [3.63, 3.8) is 0 Å². The Hall–Kier alpha value is -1.05. The van der Waals surface area contributed by atoms with Crippen LogP contribution in [0.25, 0.3) is 0 Å². The third kappa shape index (κ3) is 2.71. The molecule has 0 heterocycles. The van der Waals surface area contributed by atoms with E-state index in [4.69, 9.17) is 4.74 Å². The van der Waals surface area contributed by atoms with Gasteiger partial charge in [0.25, 0.3) is 0 Å². The van der Waals surface area contributed by atoms with Crippen molar-refractivity contribution in [1.29, 1.82) is 0 Å². The first-order valence-corrected chi connectivity index (χ1v) is 5.59. The van der Waals surface area contributed by atoms with Gasteiger partial charge < -0.3 is 4.74 Å². The fourth-order valence-electron chi connectivity index (χ4n) is 1.59. The highest BCUT2D eigenvalue weighted by Crippen LogP contribution is 2.32. The number of hydrogen-bond acceptors (Lipinski definition) is 1. The molecule has 1 aromatic rings. The van der Waals surface area contributed by atoms with Crippen molar-refractivity contribution >= 4 is 0 Å². The molecule has 1 aliphatic carbocycles. The van der Waals surface area contributed by atoms with Crippen LogP contribution in [0.2, 0.25) is 0 Å². The molecule has 0 radical (unpaired) electrons. The average molecular weight is 208 g/mol. The fraction of sp³-hybridized carbons (Fsp3) is 0.538. The van der Waals surface area contributed by atoms with Crippen molar-refractivity contribution in [3.05, 3.63) is 29.6 Å². The summed E-state index contributed by atoms with van der Waals surface area (Å²) in [6, 6.07) is 4.79. The summed E-state index contributed by atoms with van der Waals surface area (Å²) in [5.74, 6) is 1.70. The predicted molar refractivity (Wildman–Crippen MR) is 58.7 cm³/mol. The van der Waals surface area contributed by atoms with Crippen LogP contribution in [0.3, 0.4) is 0 Å². The van der Waals surface area contributed by atoms with Crippen LogP contribution in [0.4, 0.5) is 4.39 Å². The molecule has 1 fully saturated rings. The molecule has 0 aromatic heterocycles. The van der Waals surface area contributed by atoms with Gasteiger partial charge in [-0.25, -0.2) is 4.39 Å². The lowest BCUT2D eigenvalue weighted by Crippen LogP contribution is -2.03. The lowest BCUT2D eigenvalue weighted by molar-refractivity contribution is 0.295. The fourth-order valence-corrected chi connectivity index (χ4v) is 1.59. The Bertz CT molecular complexity index is 342. The van der Waals surface area contributed by atoms with E-state index in [1.165, 1.54) is 18.9 Å². The molecule has 82 valence electrons. The molecule has 0 amide bonds. The first-order valence-electron chi connectivity index (χ1n) is 5.59. The maximum absolute atomic E-state index is 13.1. The van der Waals surface area contributed by atoms with Crippen molar-refractivity contribution in [2.24, 2.45) is 5.92 Å². The van der Waals surface area contributed by atoms with E-state index >= 15 is 0 Å². The first-order chi connectivity index (χ1) is 7.16. The van der Waals surface area contributed by atoms with E-state index in [0.29, 0.717) is 5.92 Å². The van der Waals surface area contributed by atoms with E-state index in [1.807, 2.05) is 0 Å². The van der Waals surface area contributed by atoms with Crippen molar-refractivity contribution in [3.8, 4) is 5.75 Å². The average Bonchev–Trinajstić information content (AvgIpc) is 2.99. The standard InChI is InChI=1S/C13H17FO/c1-9(2)12-7-11(14)5-6-13(12)15-8-10-3-4-10/h5-7,9-10H,3-4,8H2,1-2H3. The molecule has 0 N–H and O–H groups in total. The van der Waals surface area contributed by atoms with Crippen molar-refractivity contribution in [2.75, 3.05) is 6.61 Å². The van der Waals surface area contributed by atoms with E-state index in [9.17, 15) is 4.39 Å². The van der Waals surface area contributed by atoms with Crippen LogP contribution in [-0.4, -0.2) is 6.61 Å². The predicted octanol–water partition coefficient (Wildman–Crippen LogP) is 3.74. The van der Waals surface area contributed by atoms with Crippen LogP contribution in [0, 0.1) is 11.7 Å². The summed E-state index contributed by atoms with van der Waals surface area (Å²) in [6.45, 7) is 4.89. The van der Waals surface area contributed by atoms with Crippen LogP contribution in [0.5, 0.6) is 5.75 Å². The molecule has 15 heavy (non-hydrogen) atoms. The first kappa shape index (κ1) is 10.5. The Balaban J connectivity index is 2.12. The third-order valence-electron chi connectivity index (χ3n) is 2.77. The molecule has 0 bridgehead atoms. The summed E-state index contributed by atoms with van der Waals surface area (Å²) in [5.41, 5.74) is 0.968. The molecule has 1 aliphatic rings. The van der Waals surface area contributed by atoms with E-state index in [2.05, 4.69) is 13.8 Å². The van der Waals surface area contributed by atoms with E-state index in [1.54, 1.807) is 12.1 Å². The molecule has 0 atom stereocenters. The van der Waals surface area contributed by atoms with Gasteiger partial charge in [-0.2, -0.15) is 0 Å². The molecular formula is C13H17FO. The Morgan fingerprint density at radius 3 is 2.73 bits per heavy atom. The van der Waals surface area contributed by atoms with Gasteiger partial charge in [-0.05, 0) is 48.4 Å². The lowest BCUT2D eigenvalue weighted by atomic mass is 10.0. The van der Waals surface area contributed by atoms with Crippen LogP contribution in [0.1, 0.15) is 38.2 Å². The minimum atomic E-state index is -0.183. The largest absolute Gasteiger partial charge is 0.493 e. The molecule has 0 saturated heterocycles. The molecule has 0 unspecified atom stereocenters. The molecule has 0 aliphatic heterocycles. The van der Waals surface area contributed by atoms with Crippen LogP contribution in [0.15, 0.2) is 18.2 Å². The van der Waals surface area contributed by atoms with Gasteiger partial charge in [0.05, 0.1) is 6.61 Å². The maximum Gasteiger partial charge on any atom is 0.123 e. The number of benzene rings is 1. The molecule has 0 spiro atoms. The van der Waals surface area contributed by atoms with Gasteiger partial charge in [-0.3, -0.25) is 0 Å². The van der Waals surface area contributed by atoms with Gasteiger partial charge >= 0.3 is 0 Å². The van der Waals surface area contributed by atoms with Crippen molar-refractivity contribution in [1.82, 2.24) is 0 Å². The minimum Gasteiger partial charge on any atom is -0.493 e. The number of ether oxygens (including phenoxy) is 1. The van der Waals surface area contributed by atoms with Crippen molar-refractivity contribution < 1.29 is 9.13 Å². The summed E-state index contributed by atoms with van der Waals surface area (Å²) >= 11 is 0. The summed E-state index contributed by atoms with van der Waals surface area (Å²) in [5, 5.41) is 0. The zero-order chi connectivity index (χ0) is 10.8. The third-order valence-corrected chi connectivity index (χ3v) is 2.77. The van der Waals surface area contributed by atoms with Gasteiger partial charge in [0.1, 0.15) is 11.6 Å². The normalized spacial score (nSPS) is 15.7. The molecular weight excluding hydrogens is 191 g/mol. The van der Waals surface area contributed by atoms with Crippen molar-refractivity contribution in [2.45, 2.75) is 32.6 Å². The zero-order valence-electron chi connectivity index (χ0n) is 9.29. The monoisotopic (exact) mass is 208 g/mol. The topological polar surface area (TPSA) is 9.23 Å². The highest BCUT2D eigenvalue weighted by atomic mass is 19.1. The Labute approximate surface area is 90.3 Å². The number of rotatable bonds is 4. The summed E-state index contributed by atoms with van der Waals surface area (Å²) < 4.78 is 18.8. The quantitative estimate of drug-likeness (QED) is 0.732. The second kappa shape index (κ2) is 4.21. The van der Waals surface area contributed by atoms with Gasteiger partial charge in [0.15, 0.2) is 0 Å². The highest BCUT2D eigenvalue weighted by Gasteiger charge is 2.22. The SMILES string of the molecule is CC(C)c1cc(F)ccc1OCC1CC1. The second-order valence-electron chi connectivity index (χ2n) is 4.59. The maximum atomic E-state index is 13.1. The number of halogens is 1. The Morgan fingerprint density at radius 1 is 1.40 bits per heavy atom. The Morgan fingerprint density at radius 2 is 2.13 bits per heavy atom. The van der Waals surface area contributed by atoms with Gasteiger partial charge in [0.2, 0.25) is 0 Å². The molecule has 1 aromatic carbocycles. The highest BCUT2D eigenvalue weighted by molar-refractivity contribution is 5.36. The minimum absolute atomic E-state index is 0.183. The van der Waals surface area contributed by atoms with Gasteiger partial charge in [-0.15, -0.1) is 0 Å².